The fraction of sp³-hybridized carbons (Fsp3) is 0.700. The highest BCUT2D eigenvalue weighted by atomic mass is 35.5. The Morgan fingerprint density at radius 1 is 1.60 bits per heavy atom. The van der Waals surface area contributed by atoms with Gasteiger partial charge in [0.05, 0.1) is 11.5 Å². The van der Waals surface area contributed by atoms with Crippen molar-refractivity contribution in [2.24, 2.45) is 0 Å². The van der Waals surface area contributed by atoms with Crippen LogP contribution >= 0.6 is 22.9 Å². The van der Waals surface area contributed by atoms with Gasteiger partial charge in [0.15, 0.2) is 0 Å². The lowest BCUT2D eigenvalue weighted by Crippen LogP contribution is -2.49. The highest BCUT2D eigenvalue weighted by Crippen LogP contribution is 2.27. The smallest absolute Gasteiger partial charge is 0.109 e. The Morgan fingerprint density at radius 3 is 3.00 bits per heavy atom. The number of rotatable bonds is 2. The summed E-state index contributed by atoms with van der Waals surface area (Å²) in [4.78, 5) is 8.94. The highest BCUT2D eigenvalue weighted by Gasteiger charge is 2.28. The van der Waals surface area contributed by atoms with E-state index in [1.165, 1.54) is 0 Å². The summed E-state index contributed by atoms with van der Waals surface area (Å²) in [5.41, 5.74) is 0.0997. The number of piperazine rings is 1. The fourth-order valence-electron chi connectivity index (χ4n) is 1.90. The number of thiazole rings is 1. The van der Waals surface area contributed by atoms with Crippen molar-refractivity contribution in [1.82, 2.24) is 14.8 Å². The molecule has 1 aliphatic rings. The number of hydrogen-bond acceptors (Lipinski definition) is 4. The van der Waals surface area contributed by atoms with E-state index in [1.807, 2.05) is 11.6 Å². The molecule has 5 heteroatoms. The van der Waals surface area contributed by atoms with Gasteiger partial charge in [-0.3, -0.25) is 4.90 Å². The van der Waals surface area contributed by atoms with Crippen LogP contribution in [0.1, 0.15) is 18.0 Å². The van der Waals surface area contributed by atoms with Crippen LogP contribution in [0.5, 0.6) is 0 Å². The summed E-state index contributed by atoms with van der Waals surface area (Å²) < 4.78 is 0. The number of nitrogens with zero attached hydrogens (tertiary/aromatic N) is 3. The van der Waals surface area contributed by atoms with Crippen LogP contribution in [-0.2, 0) is 0 Å². The SMILES string of the molecule is CC(c1nccs1)N1CCN(C)CC1Cl. The minimum Gasteiger partial charge on any atom is -0.302 e. The number of aromatic nitrogens is 1. The van der Waals surface area contributed by atoms with Crippen LogP contribution in [0, 0.1) is 0 Å². The Morgan fingerprint density at radius 2 is 2.40 bits per heavy atom. The predicted molar refractivity (Wildman–Crippen MR) is 64.4 cm³/mol. The van der Waals surface area contributed by atoms with Gasteiger partial charge in [-0.1, -0.05) is 0 Å². The van der Waals surface area contributed by atoms with E-state index in [0.29, 0.717) is 6.04 Å². The van der Waals surface area contributed by atoms with Crippen molar-refractivity contribution in [2.45, 2.75) is 18.5 Å². The van der Waals surface area contributed by atoms with Gasteiger partial charge >= 0.3 is 0 Å². The van der Waals surface area contributed by atoms with Crippen molar-refractivity contribution in [3.63, 3.8) is 0 Å². The molecule has 0 spiro atoms. The van der Waals surface area contributed by atoms with Gasteiger partial charge in [-0.2, -0.15) is 0 Å². The Kier molecular flexibility index (Phi) is 3.61. The molecule has 2 unspecified atom stereocenters. The van der Waals surface area contributed by atoms with Gasteiger partial charge in [0.1, 0.15) is 5.01 Å². The highest BCUT2D eigenvalue weighted by molar-refractivity contribution is 7.09. The van der Waals surface area contributed by atoms with Gasteiger partial charge < -0.3 is 4.90 Å². The van der Waals surface area contributed by atoms with E-state index in [4.69, 9.17) is 11.6 Å². The second-order valence-electron chi connectivity index (χ2n) is 3.98. The summed E-state index contributed by atoms with van der Waals surface area (Å²) in [6.07, 6.45) is 1.86. The molecule has 2 heterocycles. The van der Waals surface area contributed by atoms with E-state index in [2.05, 4.69) is 28.8 Å². The molecule has 2 rings (SSSR count). The molecule has 1 fully saturated rings. The third-order valence-electron chi connectivity index (χ3n) is 2.87. The second-order valence-corrected chi connectivity index (χ2v) is 5.41. The van der Waals surface area contributed by atoms with Crippen molar-refractivity contribution >= 4 is 22.9 Å². The van der Waals surface area contributed by atoms with Gasteiger partial charge in [-0.25, -0.2) is 4.98 Å². The van der Waals surface area contributed by atoms with Crippen LogP contribution in [-0.4, -0.2) is 47.0 Å². The molecule has 2 atom stereocenters. The van der Waals surface area contributed by atoms with E-state index in [1.54, 1.807) is 11.3 Å². The van der Waals surface area contributed by atoms with Gasteiger partial charge in [0, 0.05) is 31.2 Å². The molecule has 1 saturated heterocycles. The first kappa shape index (κ1) is 11.3. The number of alkyl halides is 1. The summed E-state index contributed by atoms with van der Waals surface area (Å²) in [5, 5.41) is 3.18. The Balaban J connectivity index is 2.04. The van der Waals surface area contributed by atoms with Crippen molar-refractivity contribution < 1.29 is 0 Å². The standard InChI is InChI=1S/C10H16ClN3S/c1-8(10-12-3-6-15-10)14-5-4-13(2)7-9(14)11/h3,6,8-9H,4-5,7H2,1-2H3. The molecule has 84 valence electrons. The van der Waals surface area contributed by atoms with E-state index >= 15 is 0 Å². The molecule has 0 bridgehead atoms. The van der Waals surface area contributed by atoms with Crippen molar-refractivity contribution in [3.05, 3.63) is 16.6 Å². The van der Waals surface area contributed by atoms with E-state index in [9.17, 15) is 0 Å². The van der Waals surface area contributed by atoms with E-state index < -0.39 is 0 Å². The molecule has 15 heavy (non-hydrogen) atoms. The van der Waals surface area contributed by atoms with Crippen molar-refractivity contribution in [2.75, 3.05) is 26.7 Å². The first-order valence-corrected chi connectivity index (χ1v) is 6.48. The summed E-state index contributed by atoms with van der Waals surface area (Å²) in [6.45, 7) is 5.21. The van der Waals surface area contributed by atoms with Crippen LogP contribution in [0.2, 0.25) is 0 Å². The molecule has 1 aliphatic heterocycles. The molecule has 1 aromatic heterocycles. The maximum atomic E-state index is 6.35. The Bertz CT molecular complexity index is 304. The third kappa shape index (κ3) is 2.50. The lowest BCUT2D eigenvalue weighted by molar-refractivity contribution is 0.0976. The normalized spacial score (nSPS) is 26.7. The fourth-order valence-corrected chi connectivity index (χ4v) is 3.12. The number of likely N-dealkylation sites (N-methyl/N-ethyl adjacent to an activating group) is 1. The van der Waals surface area contributed by atoms with E-state index in [0.717, 1.165) is 24.6 Å². The van der Waals surface area contributed by atoms with E-state index in [-0.39, 0.29) is 5.50 Å². The minimum absolute atomic E-state index is 0.0997. The van der Waals surface area contributed by atoms with Crippen LogP contribution in [0.25, 0.3) is 0 Å². The summed E-state index contributed by atoms with van der Waals surface area (Å²) in [7, 11) is 2.11. The summed E-state index contributed by atoms with van der Waals surface area (Å²) >= 11 is 8.05. The van der Waals surface area contributed by atoms with Crippen LogP contribution in [0.15, 0.2) is 11.6 Å². The molecule has 0 aliphatic carbocycles. The van der Waals surface area contributed by atoms with Gasteiger partial charge in [0.25, 0.3) is 0 Å². The van der Waals surface area contributed by atoms with Crippen molar-refractivity contribution in [3.8, 4) is 0 Å². The lowest BCUT2D eigenvalue weighted by atomic mass is 10.2. The zero-order chi connectivity index (χ0) is 10.8. The van der Waals surface area contributed by atoms with Crippen LogP contribution in [0.4, 0.5) is 0 Å². The largest absolute Gasteiger partial charge is 0.302 e. The summed E-state index contributed by atoms with van der Waals surface area (Å²) in [6, 6.07) is 0.334. The van der Waals surface area contributed by atoms with Gasteiger partial charge in [-0.15, -0.1) is 22.9 Å². The summed E-state index contributed by atoms with van der Waals surface area (Å²) in [5.74, 6) is 0. The second kappa shape index (κ2) is 4.78. The first-order valence-electron chi connectivity index (χ1n) is 5.16. The van der Waals surface area contributed by atoms with Gasteiger partial charge in [-0.05, 0) is 14.0 Å². The molecular formula is C10H16ClN3S. The lowest BCUT2D eigenvalue weighted by Gasteiger charge is -2.39. The maximum absolute atomic E-state index is 6.35. The zero-order valence-electron chi connectivity index (χ0n) is 9.06. The van der Waals surface area contributed by atoms with Crippen LogP contribution in [0.3, 0.4) is 0 Å². The zero-order valence-corrected chi connectivity index (χ0v) is 10.6. The molecule has 0 aromatic carbocycles. The minimum atomic E-state index is 0.0997. The maximum Gasteiger partial charge on any atom is 0.109 e. The Labute approximate surface area is 99.7 Å². The Hall–Kier alpha value is -0.160. The quantitative estimate of drug-likeness (QED) is 0.587. The average molecular weight is 246 g/mol. The molecule has 0 saturated carbocycles. The average Bonchev–Trinajstić information content (AvgIpc) is 2.69. The van der Waals surface area contributed by atoms with Gasteiger partial charge in [0.2, 0.25) is 0 Å². The topological polar surface area (TPSA) is 19.4 Å². The third-order valence-corrected chi connectivity index (χ3v) is 4.20. The molecule has 1 aromatic rings. The molecule has 0 amide bonds. The first-order chi connectivity index (χ1) is 7.18. The molecule has 3 nitrogen and oxygen atoms in total. The van der Waals surface area contributed by atoms with Crippen molar-refractivity contribution in [1.29, 1.82) is 0 Å². The number of hydrogen-bond donors (Lipinski definition) is 0. The number of halogens is 1. The molecule has 0 radical (unpaired) electrons. The molecular weight excluding hydrogens is 230 g/mol. The predicted octanol–water partition coefficient (Wildman–Crippen LogP) is 2.02. The molecule has 0 N–H and O–H groups in total. The monoisotopic (exact) mass is 245 g/mol. The van der Waals surface area contributed by atoms with Crippen LogP contribution < -0.4 is 0 Å².